The Balaban J connectivity index is 3.81. The van der Waals surface area contributed by atoms with Crippen molar-refractivity contribution in [2.75, 3.05) is 46.1 Å². The van der Waals surface area contributed by atoms with Crippen molar-refractivity contribution in [1.82, 2.24) is 5.32 Å². The summed E-state index contributed by atoms with van der Waals surface area (Å²) < 4.78 is 11.4. The highest BCUT2D eigenvalue weighted by Crippen LogP contribution is 2.20. The van der Waals surface area contributed by atoms with Gasteiger partial charge in [0, 0.05) is 32.8 Å². The molecule has 0 aromatic rings. The molecule has 0 spiro atoms. The van der Waals surface area contributed by atoms with Crippen LogP contribution in [0.4, 0.5) is 0 Å². The Labute approximate surface area is 130 Å². The van der Waals surface area contributed by atoms with Crippen molar-refractivity contribution in [3.8, 4) is 0 Å². The molecule has 3 atom stereocenters. The fourth-order valence-electron chi connectivity index (χ4n) is 2.15. The van der Waals surface area contributed by atoms with Crippen molar-refractivity contribution >= 4 is 0 Å². The third-order valence-electron chi connectivity index (χ3n) is 3.79. The Morgan fingerprint density at radius 3 is 2.33 bits per heavy atom. The SMILES string of the molecule is CCC(COCCNCCN)CC(CC)COC(C)CO. The van der Waals surface area contributed by atoms with Gasteiger partial charge in [-0.25, -0.2) is 0 Å². The van der Waals surface area contributed by atoms with Crippen molar-refractivity contribution in [2.24, 2.45) is 17.6 Å². The summed E-state index contributed by atoms with van der Waals surface area (Å²) in [5.41, 5.74) is 5.41. The Bertz CT molecular complexity index is 218. The van der Waals surface area contributed by atoms with Crippen LogP contribution in [0, 0.1) is 11.8 Å². The number of ether oxygens (including phenoxy) is 2. The number of hydrogen-bond acceptors (Lipinski definition) is 5. The first-order chi connectivity index (χ1) is 10.2. The van der Waals surface area contributed by atoms with Crippen LogP contribution in [0.1, 0.15) is 40.0 Å². The molecule has 0 saturated heterocycles. The van der Waals surface area contributed by atoms with Crippen LogP contribution in [0.2, 0.25) is 0 Å². The van der Waals surface area contributed by atoms with Gasteiger partial charge in [-0.05, 0) is 25.2 Å². The molecule has 0 aliphatic rings. The lowest BCUT2D eigenvalue weighted by Crippen LogP contribution is -2.27. The first kappa shape index (κ1) is 20.8. The highest BCUT2D eigenvalue weighted by Gasteiger charge is 2.15. The predicted molar refractivity (Wildman–Crippen MR) is 87.4 cm³/mol. The first-order valence-corrected chi connectivity index (χ1v) is 8.38. The van der Waals surface area contributed by atoms with Gasteiger partial charge in [0.05, 0.1) is 19.3 Å². The largest absolute Gasteiger partial charge is 0.394 e. The van der Waals surface area contributed by atoms with Crippen molar-refractivity contribution < 1.29 is 14.6 Å². The second kappa shape index (κ2) is 14.7. The zero-order valence-electron chi connectivity index (χ0n) is 14.1. The molecule has 0 heterocycles. The Morgan fingerprint density at radius 1 is 1.10 bits per heavy atom. The summed E-state index contributed by atoms with van der Waals surface area (Å²) in [4.78, 5) is 0. The zero-order valence-corrected chi connectivity index (χ0v) is 14.1. The molecule has 0 saturated carbocycles. The Kier molecular flexibility index (Phi) is 14.6. The van der Waals surface area contributed by atoms with E-state index in [1.165, 1.54) is 0 Å². The molecule has 0 aliphatic carbocycles. The standard InChI is InChI=1S/C16H36N2O3/c1-4-15(12-20-9-8-18-7-6-17)10-16(5-2)13-21-14(3)11-19/h14-16,18-19H,4-13,17H2,1-3H3. The molecule has 0 aliphatic heterocycles. The van der Waals surface area contributed by atoms with Gasteiger partial charge in [0.25, 0.3) is 0 Å². The van der Waals surface area contributed by atoms with Gasteiger partial charge in [0.2, 0.25) is 0 Å². The minimum atomic E-state index is -0.0657. The van der Waals surface area contributed by atoms with Crippen LogP contribution in [0.25, 0.3) is 0 Å². The molecule has 5 nitrogen and oxygen atoms in total. The monoisotopic (exact) mass is 304 g/mol. The number of aliphatic hydroxyl groups excluding tert-OH is 1. The van der Waals surface area contributed by atoms with Gasteiger partial charge >= 0.3 is 0 Å². The van der Waals surface area contributed by atoms with E-state index in [9.17, 15) is 0 Å². The smallest absolute Gasteiger partial charge is 0.0777 e. The van der Waals surface area contributed by atoms with Gasteiger partial charge in [-0.2, -0.15) is 0 Å². The summed E-state index contributed by atoms with van der Waals surface area (Å²) in [6.07, 6.45) is 3.29. The lowest BCUT2D eigenvalue weighted by molar-refractivity contribution is -0.00246. The van der Waals surface area contributed by atoms with Gasteiger partial charge in [-0.3, -0.25) is 0 Å². The van der Waals surface area contributed by atoms with Gasteiger partial charge in [-0.15, -0.1) is 0 Å². The van der Waals surface area contributed by atoms with Crippen LogP contribution in [-0.4, -0.2) is 57.3 Å². The van der Waals surface area contributed by atoms with E-state index >= 15 is 0 Å². The average Bonchev–Trinajstić information content (AvgIpc) is 2.52. The molecule has 3 unspecified atom stereocenters. The molecule has 0 radical (unpaired) electrons. The second-order valence-corrected chi connectivity index (χ2v) is 5.72. The van der Waals surface area contributed by atoms with E-state index in [-0.39, 0.29) is 12.7 Å². The quantitative estimate of drug-likeness (QED) is 0.399. The van der Waals surface area contributed by atoms with E-state index in [1.807, 2.05) is 6.92 Å². The maximum Gasteiger partial charge on any atom is 0.0777 e. The maximum atomic E-state index is 8.99. The topological polar surface area (TPSA) is 76.7 Å². The molecule has 0 rings (SSSR count). The molecule has 4 N–H and O–H groups in total. The van der Waals surface area contributed by atoms with E-state index in [1.54, 1.807) is 0 Å². The lowest BCUT2D eigenvalue weighted by Gasteiger charge is -2.23. The highest BCUT2D eigenvalue weighted by molar-refractivity contribution is 4.65. The molecule has 0 bridgehead atoms. The van der Waals surface area contributed by atoms with Crippen LogP contribution in [0.15, 0.2) is 0 Å². The zero-order chi connectivity index (χ0) is 15.9. The molecular weight excluding hydrogens is 268 g/mol. The fraction of sp³-hybridized carbons (Fsp3) is 1.00. The maximum absolute atomic E-state index is 8.99. The second-order valence-electron chi connectivity index (χ2n) is 5.72. The normalized spacial score (nSPS) is 15.9. The number of nitrogens with two attached hydrogens (primary N) is 1. The summed E-state index contributed by atoms with van der Waals surface area (Å²) >= 11 is 0. The third-order valence-corrected chi connectivity index (χ3v) is 3.79. The summed E-state index contributed by atoms with van der Waals surface area (Å²) in [5.74, 6) is 1.13. The first-order valence-electron chi connectivity index (χ1n) is 8.38. The predicted octanol–water partition coefficient (Wildman–Crippen LogP) is 1.39. The number of aliphatic hydroxyl groups is 1. The van der Waals surface area contributed by atoms with E-state index in [0.29, 0.717) is 18.4 Å². The molecule has 21 heavy (non-hydrogen) atoms. The van der Waals surface area contributed by atoms with Gasteiger partial charge in [0.15, 0.2) is 0 Å². The van der Waals surface area contributed by atoms with Crippen LogP contribution in [0.5, 0.6) is 0 Å². The summed E-state index contributed by atoms with van der Waals surface area (Å²) in [6, 6.07) is 0. The summed E-state index contributed by atoms with van der Waals surface area (Å²) in [5, 5.41) is 12.2. The van der Waals surface area contributed by atoms with Crippen LogP contribution < -0.4 is 11.1 Å². The minimum Gasteiger partial charge on any atom is -0.394 e. The van der Waals surface area contributed by atoms with Gasteiger partial charge in [-0.1, -0.05) is 26.7 Å². The summed E-state index contributed by atoms with van der Waals surface area (Å²) in [6.45, 7) is 11.1. The number of hydrogen-bond donors (Lipinski definition) is 3. The van der Waals surface area contributed by atoms with Crippen LogP contribution in [-0.2, 0) is 9.47 Å². The minimum absolute atomic E-state index is 0.0657. The van der Waals surface area contributed by atoms with E-state index in [4.69, 9.17) is 20.3 Å². The van der Waals surface area contributed by atoms with Crippen molar-refractivity contribution in [2.45, 2.75) is 46.1 Å². The molecule has 0 amide bonds. The van der Waals surface area contributed by atoms with Gasteiger partial charge < -0.3 is 25.6 Å². The number of rotatable bonds is 15. The number of nitrogens with one attached hydrogen (secondary N) is 1. The van der Waals surface area contributed by atoms with Gasteiger partial charge in [0.1, 0.15) is 0 Å². The molecule has 128 valence electrons. The average molecular weight is 304 g/mol. The Hall–Kier alpha value is -0.200. The summed E-state index contributed by atoms with van der Waals surface area (Å²) in [7, 11) is 0. The lowest BCUT2D eigenvalue weighted by atomic mass is 9.92. The molecule has 0 fully saturated rings. The van der Waals surface area contributed by atoms with E-state index in [2.05, 4.69) is 19.2 Å². The van der Waals surface area contributed by atoms with Crippen LogP contribution >= 0.6 is 0 Å². The van der Waals surface area contributed by atoms with Crippen molar-refractivity contribution in [3.05, 3.63) is 0 Å². The third kappa shape index (κ3) is 12.1. The fourth-order valence-corrected chi connectivity index (χ4v) is 2.15. The van der Waals surface area contributed by atoms with Crippen molar-refractivity contribution in [3.63, 3.8) is 0 Å². The molecule has 0 aromatic carbocycles. The van der Waals surface area contributed by atoms with E-state index < -0.39 is 0 Å². The van der Waals surface area contributed by atoms with E-state index in [0.717, 1.165) is 52.2 Å². The molecule has 0 aromatic heterocycles. The highest BCUT2D eigenvalue weighted by atomic mass is 16.5. The molecular formula is C16H36N2O3. The van der Waals surface area contributed by atoms with Crippen LogP contribution in [0.3, 0.4) is 0 Å². The Morgan fingerprint density at radius 2 is 1.76 bits per heavy atom. The molecule has 5 heteroatoms. The van der Waals surface area contributed by atoms with Crippen molar-refractivity contribution in [1.29, 1.82) is 0 Å².